The summed E-state index contributed by atoms with van der Waals surface area (Å²) in [6, 6.07) is 12.2. The molecule has 2 amide bonds. The van der Waals surface area contributed by atoms with Gasteiger partial charge in [-0.1, -0.05) is 41.4 Å². The Balaban J connectivity index is 1.89. The van der Waals surface area contributed by atoms with Crippen molar-refractivity contribution in [1.29, 1.82) is 0 Å². The fourth-order valence-corrected chi connectivity index (χ4v) is 5.03. The minimum absolute atomic E-state index is 0.0521. The molecule has 1 fully saturated rings. The van der Waals surface area contributed by atoms with Crippen molar-refractivity contribution in [2.75, 3.05) is 23.9 Å². The van der Waals surface area contributed by atoms with Gasteiger partial charge in [-0.15, -0.1) is 0 Å². The first-order valence-electron chi connectivity index (χ1n) is 9.30. The van der Waals surface area contributed by atoms with Gasteiger partial charge in [0.15, 0.2) is 0 Å². The highest BCUT2D eigenvalue weighted by Gasteiger charge is 2.31. The molecule has 3 rings (SSSR count). The van der Waals surface area contributed by atoms with Crippen molar-refractivity contribution >= 4 is 50.7 Å². The second-order valence-corrected chi connectivity index (χ2v) is 9.66. The molecular weight excluding hydrogens is 449 g/mol. The number of nitrogens with two attached hydrogens (primary N) is 1. The van der Waals surface area contributed by atoms with Crippen LogP contribution in [0, 0.1) is 5.92 Å². The standard InChI is InChI=1S/C20H21Cl2N3O4S/c21-17-7-6-15(12-18(17)22)25(30(28,29)16-4-2-1-3-5-16)13-19(26)24-10-8-14(9-11-24)20(23)27/h1-7,12,14H,8-11,13H2,(H2,23,27). The molecule has 2 N–H and O–H groups in total. The van der Waals surface area contributed by atoms with E-state index in [1.54, 1.807) is 23.1 Å². The third-order valence-corrected chi connectivity index (χ3v) is 7.58. The summed E-state index contributed by atoms with van der Waals surface area (Å²) in [7, 11) is -4.03. The van der Waals surface area contributed by atoms with Crippen LogP contribution in [0.5, 0.6) is 0 Å². The van der Waals surface area contributed by atoms with Crippen LogP contribution in [0.1, 0.15) is 12.8 Å². The Morgan fingerprint density at radius 1 is 1.03 bits per heavy atom. The largest absolute Gasteiger partial charge is 0.369 e. The van der Waals surface area contributed by atoms with Crippen LogP contribution in [-0.2, 0) is 19.6 Å². The van der Waals surface area contributed by atoms with Gasteiger partial charge in [-0.2, -0.15) is 0 Å². The van der Waals surface area contributed by atoms with Crippen LogP contribution in [0.4, 0.5) is 5.69 Å². The first-order chi connectivity index (χ1) is 14.2. The third-order valence-electron chi connectivity index (χ3n) is 5.05. The summed E-state index contributed by atoms with van der Waals surface area (Å²) in [5.74, 6) is -1.03. The molecule has 160 valence electrons. The lowest BCUT2D eigenvalue weighted by molar-refractivity contribution is -0.133. The summed E-state index contributed by atoms with van der Waals surface area (Å²) in [6.07, 6.45) is 0.915. The molecular formula is C20H21Cl2N3O4S. The number of piperidine rings is 1. The highest BCUT2D eigenvalue weighted by molar-refractivity contribution is 7.92. The fourth-order valence-electron chi connectivity index (χ4n) is 3.31. The average molecular weight is 470 g/mol. The molecule has 0 atom stereocenters. The zero-order chi connectivity index (χ0) is 21.9. The maximum atomic E-state index is 13.3. The van der Waals surface area contributed by atoms with Crippen molar-refractivity contribution in [3.05, 3.63) is 58.6 Å². The molecule has 0 saturated carbocycles. The number of amides is 2. The number of sulfonamides is 1. The average Bonchev–Trinajstić information content (AvgIpc) is 2.74. The molecule has 0 bridgehead atoms. The topological polar surface area (TPSA) is 101 Å². The first-order valence-corrected chi connectivity index (χ1v) is 11.5. The summed E-state index contributed by atoms with van der Waals surface area (Å²) in [5, 5.41) is 0.453. The van der Waals surface area contributed by atoms with Crippen LogP contribution >= 0.6 is 23.2 Å². The van der Waals surface area contributed by atoms with E-state index in [1.165, 1.54) is 30.3 Å². The Hall–Kier alpha value is -2.29. The molecule has 0 aliphatic carbocycles. The molecule has 10 heteroatoms. The van der Waals surface area contributed by atoms with E-state index in [4.69, 9.17) is 28.9 Å². The van der Waals surface area contributed by atoms with Gasteiger partial charge in [0.2, 0.25) is 11.8 Å². The minimum Gasteiger partial charge on any atom is -0.369 e. The van der Waals surface area contributed by atoms with Gasteiger partial charge in [0.25, 0.3) is 10.0 Å². The van der Waals surface area contributed by atoms with Gasteiger partial charge < -0.3 is 10.6 Å². The van der Waals surface area contributed by atoms with E-state index in [-0.39, 0.29) is 38.4 Å². The van der Waals surface area contributed by atoms with Crippen LogP contribution < -0.4 is 10.0 Å². The van der Waals surface area contributed by atoms with Crippen LogP contribution in [0.2, 0.25) is 10.0 Å². The Morgan fingerprint density at radius 3 is 2.23 bits per heavy atom. The molecule has 2 aromatic carbocycles. The van der Waals surface area contributed by atoms with E-state index < -0.39 is 16.6 Å². The van der Waals surface area contributed by atoms with Crippen molar-refractivity contribution in [2.24, 2.45) is 11.7 Å². The molecule has 0 spiro atoms. The van der Waals surface area contributed by atoms with E-state index in [9.17, 15) is 18.0 Å². The highest BCUT2D eigenvalue weighted by atomic mass is 35.5. The zero-order valence-corrected chi connectivity index (χ0v) is 18.3. The molecule has 0 aromatic heterocycles. The molecule has 1 aliphatic heterocycles. The molecule has 7 nitrogen and oxygen atoms in total. The second kappa shape index (κ2) is 9.24. The smallest absolute Gasteiger partial charge is 0.264 e. The molecule has 0 unspecified atom stereocenters. The molecule has 1 saturated heterocycles. The molecule has 1 heterocycles. The number of nitrogens with zero attached hydrogens (tertiary/aromatic N) is 2. The SMILES string of the molecule is NC(=O)C1CCN(C(=O)CN(c2ccc(Cl)c(Cl)c2)S(=O)(=O)c2ccccc2)CC1. The van der Waals surface area contributed by atoms with Crippen molar-refractivity contribution in [1.82, 2.24) is 4.90 Å². The first kappa shape index (κ1) is 22.4. The Morgan fingerprint density at radius 2 is 1.67 bits per heavy atom. The van der Waals surface area contributed by atoms with E-state index >= 15 is 0 Å². The number of halogens is 2. The number of hydrogen-bond acceptors (Lipinski definition) is 4. The summed E-state index contributed by atoms with van der Waals surface area (Å²) in [5.41, 5.74) is 5.57. The van der Waals surface area contributed by atoms with E-state index in [0.717, 1.165) is 4.31 Å². The van der Waals surface area contributed by atoms with Crippen LogP contribution in [0.25, 0.3) is 0 Å². The van der Waals surface area contributed by atoms with Gasteiger partial charge in [-0.05, 0) is 43.2 Å². The van der Waals surface area contributed by atoms with E-state index in [1.807, 2.05) is 0 Å². The molecule has 0 radical (unpaired) electrons. The lowest BCUT2D eigenvalue weighted by Crippen LogP contribution is -2.47. The number of primary amides is 1. The Kier molecular flexibility index (Phi) is 6.90. The van der Waals surface area contributed by atoms with Crippen molar-refractivity contribution in [3.8, 4) is 0 Å². The number of rotatable bonds is 6. The zero-order valence-electron chi connectivity index (χ0n) is 16.0. The number of likely N-dealkylation sites (tertiary alicyclic amines) is 1. The van der Waals surface area contributed by atoms with Crippen molar-refractivity contribution in [3.63, 3.8) is 0 Å². The number of hydrogen-bond donors (Lipinski definition) is 1. The molecule has 2 aromatic rings. The fraction of sp³-hybridized carbons (Fsp3) is 0.300. The van der Waals surface area contributed by atoms with Crippen LogP contribution in [0.3, 0.4) is 0 Å². The summed E-state index contributed by atoms with van der Waals surface area (Å²) >= 11 is 12.1. The summed E-state index contributed by atoms with van der Waals surface area (Å²) in [6.45, 7) is 0.274. The van der Waals surface area contributed by atoms with Gasteiger partial charge >= 0.3 is 0 Å². The highest BCUT2D eigenvalue weighted by Crippen LogP contribution is 2.30. The lowest BCUT2D eigenvalue weighted by atomic mass is 9.96. The van der Waals surface area contributed by atoms with Gasteiger partial charge in [0.1, 0.15) is 6.54 Å². The maximum Gasteiger partial charge on any atom is 0.264 e. The van der Waals surface area contributed by atoms with E-state index in [2.05, 4.69) is 0 Å². The predicted molar refractivity (Wildman–Crippen MR) is 116 cm³/mol. The predicted octanol–water partition coefficient (Wildman–Crippen LogP) is 2.91. The normalized spacial score (nSPS) is 15.1. The third kappa shape index (κ3) is 4.88. The van der Waals surface area contributed by atoms with Gasteiger partial charge in [-0.3, -0.25) is 13.9 Å². The van der Waals surface area contributed by atoms with Crippen LogP contribution in [-0.4, -0.2) is 44.8 Å². The van der Waals surface area contributed by atoms with Gasteiger partial charge in [0.05, 0.1) is 20.6 Å². The maximum absolute atomic E-state index is 13.3. The van der Waals surface area contributed by atoms with Gasteiger partial charge in [0, 0.05) is 19.0 Å². The molecule has 1 aliphatic rings. The monoisotopic (exact) mass is 469 g/mol. The summed E-state index contributed by atoms with van der Waals surface area (Å²) < 4.78 is 27.6. The number of carbonyl (C=O) groups is 2. The number of benzene rings is 2. The Bertz CT molecular complexity index is 1040. The number of anilines is 1. The van der Waals surface area contributed by atoms with E-state index in [0.29, 0.717) is 25.9 Å². The van der Waals surface area contributed by atoms with Crippen molar-refractivity contribution in [2.45, 2.75) is 17.7 Å². The van der Waals surface area contributed by atoms with Crippen LogP contribution in [0.15, 0.2) is 53.4 Å². The summed E-state index contributed by atoms with van der Waals surface area (Å²) in [4.78, 5) is 25.9. The van der Waals surface area contributed by atoms with Gasteiger partial charge in [-0.25, -0.2) is 8.42 Å². The quantitative estimate of drug-likeness (QED) is 0.702. The lowest BCUT2D eigenvalue weighted by Gasteiger charge is -2.33. The Labute approximate surface area is 185 Å². The number of carbonyl (C=O) groups excluding carboxylic acids is 2. The van der Waals surface area contributed by atoms with Crippen molar-refractivity contribution < 1.29 is 18.0 Å². The molecule has 30 heavy (non-hydrogen) atoms. The minimum atomic E-state index is -4.03. The second-order valence-electron chi connectivity index (χ2n) is 6.98.